The molecule has 2 aromatic rings. The van der Waals surface area contributed by atoms with Crippen molar-refractivity contribution in [3.63, 3.8) is 0 Å². The highest BCUT2D eigenvalue weighted by Gasteiger charge is 2.51. The van der Waals surface area contributed by atoms with Gasteiger partial charge in [-0.25, -0.2) is 5.84 Å². The van der Waals surface area contributed by atoms with Crippen molar-refractivity contribution in [2.45, 2.75) is 39.3 Å². The van der Waals surface area contributed by atoms with Crippen LogP contribution in [0.2, 0.25) is 0 Å². The summed E-state index contributed by atoms with van der Waals surface area (Å²) in [4.78, 5) is 14.4. The maximum absolute atomic E-state index is 13.0. The number of rotatable bonds is 6. The number of hydrogen-bond donors (Lipinski definition) is 2. The summed E-state index contributed by atoms with van der Waals surface area (Å²) in [7, 11) is 0. The fourth-order valence-corrected chi connectivity index (χ4v) is 3.50. The van der Waals surface area contributed by atoms with Gasteiger partial charge in [0, 0.05) is 0 Å². The molecule has 6 heteroatoms. The first-order valence-electron chi connectivity index (χ1n) is 9.08. The Morgan fingerprint density at radius 3 is 2.44 bits per heavy atom. The van der Waals surface area contributed by atoms with Gasteiger partial charge in [-0.3, -0.25) is 20.1 Å². The molecule has 3 rings (SSSR count). The van der Waals surface area contributed by atoms with Crippen LogP contribution >= 0.6 is 0 Å². The van der Waals surface area contributed by atoms with E-state index in [1.165, 1.54) is 9.91 Å². The molecule has 0 aliphatic carbocycles. The lowest BCUT2D eigenvalue weighted by Gasteiger charge is -2.30. The number of nitrogens with zero attached hydrogens (tertiary/aromatic N) is 2. The van der Waals surface area contributed by atoms with Crippen LogP contribution in [-0.2, 0) is 11.3 Å². The fraction of sp³-hybridized carbons (Fsp3) is 0.333. The number of ether oxygens (including phenoxy) is 1. The molecule has 1 heterocycles. The Labute approximate surface area is 160 Å². The second-order valence-electron chi connectivity index (χ2n) is 7.52. The number of carbonyl (C=O) groups is 1. The number of amides is 1. The minimum Gasteiger partial charge on any atom is -0.457 e. The molecule has 6 nitrogen and oxygen atoms in total. The molecular weight excluding hydrogens is 340 g/mol. The van der Waals surface area contributed by atoms with Crippen LogP contribution in [0.1, 0.15) is 32.8 Å². The third kappa shape index (κ3) is 3.80. The number of nitrogens with one attached hydrogen (secondary N) is 1. The highest BCUT2D eigenvalue weighted by atomic mass is 16.5. The Hall–Kier alpha value is -2.86. The maximum Gasteiger partial charge on any atom is 0.256 e. The highest BCUT2D eigenvalue weighted by Crippen LogP contribution is 2.32. The Morgan fingerprint density at radius 1 is 1.11 bits per heavy atom. The monoisotopic (exact) mass is 366 g/mol. The molecule has 1 aliphatic heterocycles. The van der Waals surface area contributed by atoms with Crippen LogP contribution in [0, 0.1) is 11.3 Å². The van der Waals surface area contributed by atoms with Gasteiger partial charge in [-0.05, 0) is 49.1 Å². The summed E-state index contributed by atoms with van der Waals surface area (Å²) in [6.45, 7) is 6.18. The number of para-hydroxylation sites is 1. The number of benzene rings is 2. The zero-order chi connectivity index (χ0) is 19.6. The molecule has 1 saturated heterocycles. The van der Waals surface area contributed by atoms with E-state index in [4.69, 9.17) is 16.0 Å². The lowest BCUT2D eigenvalue weighted by atomic mass is 9.90. The Morgan fingerprint density at radius 2 is 1.78 bits per heavy atom. The number of carbonyl (C=O) groups excluding carboxylic acids is 1. The first-order valence-corrected chi connectivity index (χ1v) is 9.08. The normalized spacial score (nSPS) is 19.9. The van der Waals surface area contributed by atoms with E-state index < -0.39 is 5.54 Å². The summed E-state index contributed by atoms with van der Waals surface area (Å²) in [6, 6.07) is 17.1. The minimum absolute atomic E-state index is 0.0255. The zero-order valence-electron chi connectivity index (χ0n) is 16.0. The fourth-order valence-electron chi connectivity index (χ4n) is 3.50. The van der Waals surface area contributed by atoms with Crippen LogP contribution in [0.25, 0.3) is 0 Å². The van der Waals surface area contributed by atoms with Crippen molar-refractivity contribution in [1.29, 1.82) is 5.41 Å². The van der Waals surface area contributed by atoms with Crippen molar-refractivity contribution >= 4 is 11.9 Å². The topological polar surface area (TPSA) is 82.7 Å². The molecule has 0 saturated carbocycles. The van der Waals surface area contributed by atoms with Crippen molar-refractivity contribution in [2.24, 2.45) is 11.8 Å². The van der Waals surface area contributed by atoms with Crippen LogP contribution in [0.5, 0.6) is 11.5 Å². The summed E-state index contributed by atoms with van der Waals surface area (Å²) in [6.07, 6.45) is 0.596. The van der Waals surface area contributed by atoms with Crippen molar-refractivity contribution in [2.75, 3.05) is 0 Å². The van der Waals surface area contributed by atoms with Crippen LogP contribution in [0.15, 0.2) is 54.6 Å². The van der Waals surface area contributed by atoms with E-state index >= 15 is 0 Å². The van der Waals surface area contributed by atoms with Gasteiger partial charge in [0.25, 0.3) is 5.91 Å². The van der Waals surface area contributed by atoms with E-state index in [0.29, 0.717) is 18.1 Å². The minimum atomic E-state index is -0.886. The summed E-state index contributed by atoms with van der Waals surface area (Å²) < 4.78 is 5.86. The first kappa shape index (κ1) is 18.9. The molecule has 0 spiro atoms. The quantitative estimate of drug-likeness (QED) is 0.763. The predicted octanol–water partition coefficient (Wildman–Crippen LogP) is 3.74. The summed E-state index contributed by atoms with van der Waals surface area (Å²) in [5.41, 5.74) is -0.00707. The average molecular weight is 366 g/mol. The SMILES string of the molecule is CC(C)CC1(C)C(=O)N(Cc2cccc(Oc3ccccc3)c2)C(=N)N1N. The molecule has 1 aliphatic rings. The molecule has 1 fully saturated rings. The molecule has 1 amide bonds. The predicted molar refractivity (Wildman–Crippen MR) is 105 cm³/mol. The van der Waals surface area contributed by atoms with Gasteiger partial charge >= 0.3 is 0 Å². The van der Waals surface area contributed by atoms with Crippen LogP contribution in [0.3, 0.4) is 0 Å². The molecular formula is C21H26N4O2. The first-order chi connectivity index (χ1) is 12.8. The van der Waals surface area contributed by atoms with E-state index in [9.17, 15) is 4.79 Å². The lowest BCUT2D eigenvalue weighted by Crippen LogP contribution is -2.51. The van der Waals surface area contributed by atoms with E-state index in [2.05, 4.69) is 0 Å². The van der Waals surface area contributed by atoms with E-state index in [0.717, 1.165) is 11.3 Å². The molecule has 0 radical (unpaired) electrons. The lowest BCUT2D eigenvalue weighted by molar-refractivity contribution is -0.133. The Balaban J connectivity index is 1.78. The van der Waals surface area contributed by atoms with Crippen molar-refractivity contribution in [3.8, 4) is 11.5 Å². The number of hydrazine groups is 1. The van der Waals surface area contributed by atoms with Gasteiger partial charge in [0.05, 0.1) is 6.54 Å². The van der Waals surface area contributed by atoms with Gasteiger partial charge in [-0.2, -0.15) is 0 Å². The van der Waals surface area contributed by atoms with Gasteiger partial charge in [-0.1, -0.05) is 44.2 Å². The van der Waals surface area contributed by atoms with Crippen LogP contribution < -0.4 is 10.6 Å². The van der Waals surface area contributed by atoms with Gasteiger partial charge in [0.1, 0.15) is 17.0 Å². The summed E-state index contributed by atoms with van der Waals surface area (Å²) >= 11 is 0. The average Bonchev–Trinajstić information content (AvgIpc) is 2.78. The Kier molecular flexibility index (Phi) is 5.19. The third-order valence-corrected chi connectivity index (χ3v) is 4.75. The van der Waals surface area contributed by atoms with Crippen LogP contribution in [0.4, 0.5) is 0 Å². The van der Waals surface area contributed by atoms with Gasteiger partial charge in [0.2, 0.25) is 5.96 Å². The highest BCUT2D eigenvalue weighted by molar-refractivity contribution is 6.07. The number of guanidine groups is 1. The van der Waals surface area contributed by atoms with E-state index in [-0.39, 0.29) is 18.4 Å². The van der Waals surface area contributed by atoms with Gasteiger partial charge in [-0.15, -0.1) is 0 Å². The zero-order valence-corrected chi connectivity index (χ0v) is 16.0. The van der Waals surface area contributed by atoms with Crippen molar-refractivity contribution < 1.29 is 9.53 Å². The molecule has 3 N–H and O–H groups in total. The molecule has 142 valence electrons. The molecule has 2 aromatic carbocycles. The second-order valence-corrected chi connectivity index (χ2v) is 7.52. The van der Waals surface area contributed by atoms with E-state index in [1.807, 2.05) is 68.4 Å². The second kappa shape index (κ2) is 7.40. The van der Waals surface area contributed by atoms with Gasteiger partial charge in [0.15, 0.2) is 0 Å². The van der Waals surface area contributed by atoms with Crippen molar-refractivity contribution in [1.82, 2.24) is 9.91 Å². The smallest absolute Gasteiger partial charge is 0.256 e. The molecule has 27 heavy (non-hydrogen) atoms. The van der Waals surface area contributed by atoms with Crippen molar-refractivity contribution in [3.05, 3.63) is 60.2 Å². The van der Waals surface area contributed by atoms with Gasteiger partial charge < -0.3 is 4.74 Å². The number of nitrogens with two attached hydrogens (primary N) is 1. The third-order valence-electron chi connectivity index (χ3n) is 4.75. The summed E-state index contributed by atoms with van der Waals surface area (Å²) in [5, 5.41) is 9.59. The molecule has 0 aromatic heterocycles. The largest absolute Gasteiger partial charge is 0.457 e. The molecule has 0 bridgehead atoms. The summed E-state index contributed by atoms with van der Waals surface area (Å²) in [5.74, 6) is 7.70. The Bertz CT molecular complexity index is 837. The standard InChI is InChI=1S/C21H26N4O2/c1-15(2)13-21(3)19(26)24(20(22)25(21)23)14-16-8-7-11-18(12-16)27-17-9-5-4-6-10-17/h4-12,15,22H,13-14,23H2,1-3H3. The molecule has 1 atom stereocenters. The van der Waals surface area contributed by atoms with Crippen LogP contribution in [-0.4, -0.2) is 27.3 Å². The van der Waals surface area contributed by atoms with E-state index in [1.54, 1.807) is 6.92 Å². The maximum atomic E-state index is 13.0. The molecule has 1 unspecified atom stereocenters. The number of hydrogen-bond acceptors (Lipinski definition) is 4.